The molecule has 0 saturated heterocycles. The quantitative estimate of drug-likeness (QED) is 0.915. The van der Waals surface area contributed by atoms with Crippen molar-refractivity contribution in [1.82, 2.24) is 19.7 Å². The van der Waals surface area contributed by atoms with Crippen LogP contribution >= 0.6 is 0 Å². The fourth-order valence-electron chi connectivity index (χ4n) is 2.34. The number of aromatic nitrogens is 4. The average molecular weight is 272 g/mol. The van der Waals surface area contributed by atoms with Crippen molar-refractivity contribution in [3.05, 3.63) is 29.3 Å². The van der Waals surface area contributed by atoms with Crippen molar-refractivity contribution < 1.29 is 0 Å². The molecule has 0 atom stereocenters. The zero-order chi connectivity index (χ0) is 14.3. The number of hydrogen-bond acceptors (Lipinski definition) is 5. The maximum Gasteiger partial charge on any atom is 0.137 e. The van der Waals surface area contributed by atoms with Crippen LogP contribution in [0.25, 0.3) is 0 Å². The van der Waals surface area contributed by atoms with Gasteiger partial charge >= 0.3 is 0 Å². The molecule has 2 heterocycles. The van der Waals surface area contributed by atoms with E-state index >= 15 is 0 Å². The minimum Gasteiger partial charge on any atom is -0.383 e. The van der Waals surface area contributed by atoms with Gasteiger partial charge in [0.25, 0.3) is 0 Å². The third-order valence-electron chi connectivity index (χ3n) is 3.66. The fraction of sp³-hybridized carbons (Fsp3) is 0.500. The van der Waals surface area contributed by atoms with Gasteiger partial charge in [0.05, 0.1) is 6.20 Å². The maximum atomic E-state index is 6.03. The van der Waals surface area contributed by atoms with E-state index in [0.717, 1.165) is 29.3 Å². The van der Waals surface area contributed by atoms with Gasteiger partial charge < -0.3 is 10.6 Å². The van der Waals surface area contributed by atoms with E-state index in [0.29, 0.717) is 11.7 Å². The van der Waals surface area contributed by atoms with E-state index in [2.05, 4.69) is 15.0 Å². The minimum atomic E-state index is 0.503. The molecule has 2 aromatic heterocycles. The number of nitrogens with zero attached hydrogens (tertiary/aromatic N) is 5. The average Bonchev–Trinajstić information content (AvgIpc) is 3.17. The van der Waals surface area contributed by atoms with Crippen LogP contribution in [0.1, 0.15) is 35.7 Å². The first-order valence-electron chi connectivity index (χ1n) is 6.87. The van der Waals surface area contributed by atoms with Crippen LogP contribution in [0.3, 0.4) is 0 Å². The van der Waals surface area contributed by atoms with E-state index in [1.807, 2.05) is 33.4 Å². The third kappa shape index (κ3) is 2.45. The number of rotatable bonds is 4. The van der Waals surface area contributed by atoms with Crippen LogP contribution in [0.4, 0.5) is 11.6 Å². The van der Waals surface area contributed by atoms with Gasteiger partial charge in [-0.05, 0) is 19.8 Å². The summed E-state index contributed by atoms with van der Waals surface area (Å²) >= 11 is 0. The molecule has 6 heteroatoms. The van der Waals surface area contributed by atoms with Gasteiger partial charge in [-0.15, -0.1) is 0 Å². The molecule has 3 rings (SSSR count). The molecule has 6 nitrogen and oxygen atoms in total. The van der Waals surface area contributed by atoms with Crippen molar-refractivity contribution in [2.45, 2.75) is 32.2 Å². The lowest BCUT2D eigenvalue weighted by Gasteiger charge is -2.20. The summed E-state index contributed by atoms with van der Waals surface area (Å²) in [6.45, 7) is 2.73. The van der Waals surface area contributed by atoms with Gasteiger partial charge in [-0.1, -0.05) is 0 Å². The lowest BCUT2D eigenvalue weighted by Crippen LogP contribution is -2.20. The van der Waals surface area contributed by atoms with E-state index in [-0.39, 0.29) is 0 Å². The summed E-state index contributed by atoms with van der Waals surface area (Å²) in [4.78, 5) is 11.2. The highest BCUT2D eigenvalue weighted by molar-refractivity contribution is 5.56. The monoisotopic (exact) mass is 272 g/mol. The van der Waals surface area contributed by atoms with Crippen molar-refractivity contribution in [1.29, 1.82) is 0 Å². The van der Waals surface area contributed by atoms with Crippen LogP contribution in [0.5, 0.6) is 0 Å². The molecule has 0 bridgehead atoms. The molecule has 1 aliphatic rings. The Morgan fingerprint density at radius 2 is 2.15 bits per heavy atom. The van der Waals surface area contributed by atoms with Gasteiger partial charge in [-0.2, -0.15) is 5.10 Å². The SMILES string of the molecule is Cc1c(N)nc(C2CC2)nc1N(C)Cc1cnn(C)c1. The van der Waals surface area contributed by atoms with Crippen molar-refractivity contribution in [2.24, 2.45) is 7.05 Å². The molecule has 0 amide bonds. The molecule has 2 aromatic rings. The Labute approximate surface area is 118 Å². The van der Waals surface area contributed by atoms with E-state index in [1.165, 1.54) is 12.8 Å². The number of aryl methyl sites for hydroxylation is 1. The molecule has 0 aliphatic heterocycles. The zero-order valence-electron chi connectivity index (χ0n) is 12.2. The molecule has 0 unspecified atom stereocenters. The second-order valence-electron chi connectivity index (χ2n) is 5.57. The molecule has 1 aliphatic carbocycles. The third-order valence-corrected chi connectivity index (χ3v) is 3.66. The van der Waals surface area contributed by atoms with E-state index in [9.17, 15) is 0 Å². The summed E-state index contributed by atoms with van der Waals surface area (Å²) in [5.74, 6) is 2.91. The topological polar surface area (TPSA) is 72.9 Å². The van der Waals surface area contributed by atoms with Gasteiger partial charge in [0.1, 0.15) is 17.5 Å². The first kappa shape index (κ1) is 12.9. The van der Waals surface area contributed by atoms with Gasteiger partial charge in [0.15, 0.2) is 0 Å². The Bertz CT molecular complexity index is 629. The van der Waals surface area contributed by atoms with Crippen LogP contribution in [-0.4, -0.2) is 26.8 Å². The van der Waals surface area contributed by atoms with Crippen LogP contribution < -0.4 is 10.6 Å². The first-order chi connectivity index (χ1) is 9.54. The largest absolute Gasteiger partial charge is 0.383 e. The molecule has 20 heavy (non-hydrogen) atoms. The van der Waals surface area contributed by atoms with E-state index < -0.39 is 0 Å². The fourth-order valence-corrected chi connectivity index (χ4v) is 2.34. The number of nitrogens with two attached hydrogens (primary N) is 1. The molecule has 1 fully saturated rings. The van der Waals surface area contributed by atoms with Crippen molar-refractivity contribution in [2.75, 3.05) is 17.7 Å². The standard InChI is InChI=1S/C14H20N6/c1-9-12(15)17-13(11-4-5-11)18-14(9)19(2)7-10-6-16-20(3)8-10/h6,8,11H,4-5,7H2,1-3H3,(H2,15,17,18). The highest BCUT2D eigenvalue weighted by Crippen LogP contribution is 2.39. The Hall–Kier alpha value is -2.11. The number of anilines is 2. The van der Waals surface area contributed by atoms with Gasteiger partial charge in [0, 0.05) is 43.9 Å². The predicted octanol–water partition coefficient (Wildman–Crippen LogP) is 1.61. The molecule has 1 saturated carbocycles. The van der Waals surface area contributed by atoms with Gasteiger partial charge in [-0.3, -0.25) is 4.68 Å². The Balaban J connectivity index is 1.87. The first-order valence-corrected chi connectivity index (χ1v) is 6.87. The van der Waals surface area contributed by atoms with E-state index in [4.69, 9.17) is 10.7 Å². The van der Waals surface area contributed by atoms with Crippen LogP contribution in [0.2, 0.25) is 0 Å². The second kappa shape index (κ2) is 4.77. The molecule has 0 spiro atoms. The van der Waals surface area contributed by atoms with E-state index in [1.54, 1.807) is 4.68 Å². The smallest absolute Gasteiger partial charge is 0.137 e. The number of hydrogen-bond donors (Lipinski definition) is 1. The molecule has 0 aromatic carbocycles. The number of nitrogen functional groups attached to an aromatic ring is 1. The Morgan fingerprint density at radius 1 is 1.40 bits per heavy atom. The summed E-state index contributed by atoms with van der Waals surface area (Å²) < 4.78 is 1.81. The summed E-state index contributed by atoms with van der Waals surface area (Å²) in [5, 5.41) is 4.19. The summed E-state index contributed by atoms with van der Waals surface area (Å²) in [7, 11) is 3.95. The van der Waals surface area contributed by atoms with Crippen molar-refractivity contribution in [3.63, 3.8) is 0 Å². The lowest BCUT2D eigenvalue weighted by molar-refractivity contribution is 0.766. The summed E-state index contributed by atoms with van der Waals surface area (Å²) in [5.41, 5.74) is 8.13. The van der Waals surface area contributed by atoms with Gasteiger partial charge in [0.2, 0.25) is 0 Å². The minimum absolute atomic E-state index is 0.503. The highest BCUT2D eigenvalue weighted by atomic mass is 15.2. The van der Waals surface area contributed by atoms with Crippen LogP contribution in [0, 0.1) is 6.92 Å². The Morgan fingerprint density at radius 3 is 2.75 bits per heavy atom. The highest BCUT2D eigenvalue weighted by Gasteiger charge is 2.28. The summed E-state index contributed by atoms with van der Waals surface area (Å²) in [6, 6.07) is 0. The second-order valence-corrected chi connectivity index (χ2v) is 5.57. The van der Waals surface area contributed by atoms with Crippen LogP contribution in [0.15, 0.2) is 12.4 Å². The summed E-state index contributed by atoms with van der Waals surface area (Å²) in [6.07, 6.45) is 6.24. The zero-order valence-corrected chi connectivity index (χ0v) is 12.2. The molecule has 106 valence electrons. The molecule has 2 N–H and O–H groups in total. The van der Waals surface area contributed by atoms with Gasteiger partial charge in [-0.25, -0.2) is 9.97 Å². The van der Waals surface area contributed by atoms with Crippen molar-refractivity contribution in [3.8, 4) is 0 Å². The lowest BCUT2D eigenvalue weighted by atomic mass is 10.2. The predicted molar refractivity (Wildman–Crippen MR) is 78.5 cm³/mol. The molecular weight excluding hydrogens is 252 g/mol. The normalized spacial score (nSPS) is 14.6. The Kier molecular flexibility index (Phi) is 3.08. The molecule has 0 radical (unpaired) electrons. The molecular formula is C14H20N6. The van der Waals surface area contributed by atoms with Crippen LogP contribution in [-0.2, 0) is 13.6 Å². The van der Waals surface area contributed by atoms with Crippen molar-refractivity contribution >= 4 is 11.6 Å². The maximum absolute atomic E-state index is 6.03.